The van der Waals surface area contributed by atoms with Crippen LogP contribution in [0.5, 0.6) is 5.75 Å². The van der Waals surface area contributed by atoms with Crippen LogP contribution in [0.15, 0.2) is 47.6 Å². The maximum Gasteiger partial charge on any atom is 0.387 e. The van der Waals surface area contributed by atoms with E-state index >= 15 is 0 Å². The first-order valence-electron chi connectivity index (χ1n) is 7.09. The van der Waals surface area contributed by atoms with Crippen molar-refractivity contribution in [2.24, 2.45) is 5.10 Å². The lowest BCUT2D eigenvalue weighted by Gasteiger charge is -2.07. The summed E-state index contributed by atoms with van der Waals surface area (Å²) < 4.78 is 29.0. The maximum absolute atomic E-state index is 12.4. The molecule has 1 amide bonds. The van der Waals surface area contributed by atoms with Crippen LogP contribution >= 0.6 is 0 Å². The number of hydrogen-bond donors (Lipinski definition) is 1. The van der Waals surface area contributed by atoms with Gasteiger partial charge in [0.05, 0.1) is 16.1 Å². The van der Waals surface area contributed by atoms with Crippen molar-refractivity contribution >= 4 is 23.5 Å². The molecule has 1 N–H and O–H groups in total. The van der Waals surface area contributed by atoms with Gasteiger partial charge in [-0.05, 0) is 12.1 Å². The Morgan fingerprint density at radius 3 is 2.41 bits per heavy atom. The van der Waals surface area contributed by atoms with E-state index in [2.05, 4.69) is 9.84 Å². The van der Waals surface area contributed by atoms with Gasteiger partial charge < -0.3 is 4.74 Å². The van der Waals surface area contributed by atoms with E-state index in [1.54, 1.807) is 0 Å². The number of hydrogen-bond acceptors (Lipinski definition) is 7. The van der Waals surface area contributed by atoms with Crippen molar-refractivity contribution in [2.75, 3.05) is 0 Å². The van der Waals surface area contributed by atoms with Gasteiger partial charge in [-0.1, -0.05) is 6.07 Å². The summed E-state index contributed by atoms with van der Waals surface area (Å²) in [7, 11) is 0. The van der Waals surface area contributed by atoms with Gasteiger partial charge >= 0.3 is 6.61 Å². The number of halogens is 2. The minimum Gasteiger partial charge on any atom is -0.434 e. The Bertz CT molecular complexity index is 919. The highest BCUT2D eigenvalue weighted by Gasteiger charge is 2.14. The van der Waals surface area contributed by atoms with Crippen LogP contribution in [0.3, 0.4) is 0 Å². The van der Waals surface area contributed by atoms with Crippen LogP contribution in [0.25, 0.3) is 0 Å². The summed E-state index contributed by atoms with van der Waals surface area (Å²) >= 11 is 0. The normalized spacial score (nSPS) is 10.8. The molecule has 12 heteroatoms. The summed E-state index contributed by atoms with van der Waals surface area (Å²) in [6.07, 6.45) is 0.875. The Morgan fingerprint density at radius 2 is 1.78 bits per heavy atom. The number of rotatable bonds is 7. The van der Waals surface area contributed by atoms with Crippen LogP contribution in [0, 0.1) is 20.2 Å². The first-order valence-corrected chi connectivity index (χ1v) is 7.09. The van der Waals surface area contributed by atoms with Crippen LogP contribution in [-0.4, -0.2) is 28.6 Å². The number of ether oxygens (including phenoxy) is 1. The molecule has 0 atom stereocenters. The fraction of sp³-hybridized carbons (Fsp3) is 0.0667. The Morgan fingerprint density at radius 1 is 1.11 bits per heavy atom. The van der Waals surface area contributed by atoms with E-state index in [-0.39, 0.29) is 22.6 Å². The van der Waals surface area contributed by atoms with Gasteiger partial charge in [0.1, 0.15) is 5.75 Å². The predicted molar refractivity (Wildman–Crippen MR) is 87.9 cm³/mol. The van der Waals surface area contributed by atoms with Gasteiger partial charge in [-0.3, -0.25) is 25.0 Å². The van der Waals surface area contributed by atoms with Gasteiger partial charge in [0.15, 0.2) is 0 Å². The Hall–Kier alpha value is -3.96. The van der Waals surface area contributed by atoms with Gasteiger partial charge in [0, 0.05) is 35.4 Å². The van der Waals surface area contributed by atoms with Gasteiger partial charge in [-0.2, -0.15) is 13.9 Å². The van der Waals surface area contributed by atoms with E-state index in [9.17, 15) is 33.8 Å². The highest BCUT2D eigenvalue weighted by Crippen LogP contribution is 2.24. The predicted octanol–water partition coefficient (Wildman–Crippen LogP) is 2.87. The van der Waals surface area contributed by atoms with Crippen LogP contribution in [0.4, 0.5) is 20.2 Å². The third-order valence-electron chi connectivity index (χ3n) is 3.11. The molecule has 0 fully saturated rings. The van der Waals surface area contributed by atoms with Crippen molar-refractivity contribution in [2.45, 2.75) is 6.61 Å². The van der Waals surface area contributed by atoms with Gasteiger partial charge in [-0.15, -0.1) is 0 Å². The number of amides is 1. The molecule has 0 aliphatic heterocycles. The molecule has 0 bridgehead atoms. The highest BCUT2D eigenvalue weighted by molar-refractivity contribution is 5.95. The first kappa shape index (κ1) is 19.4. The number of nitro groups is 2. The number of non-ortho nitro benzene ring substituents is 2. The second kappa shape index (κ2) is 8.42. The lowest BCUT2D eigenvalue weighted by Crippen LogP contribution is -2.17. The number of alkyl halides is 2. The molecule has 140 valence electrons. The summed E-state index contributed by atoms with van der Waals surface area (Å²) in [6.45, 7) is -3.17. The summed E-state index contributed by atoms with van der Waals surface area (Å²) in [5.41, 5.74) is 1.09. The zero-order chi connectivity index (χ0) is 20.0. The van der Waals surface area contributed by atoms with Crippen molar-refractivity contribution in [3.63, 3.8) is 0 Å². The molecule has 27 heavy (non-hydrogen) atoms. The second-order valence-corrected chi connectivity index (χ2v) is 4.86. The number of nitrogens with one attached hydrogen (secondary N) is 1. The Labute approximate surface area is 149 Å². The fourth-order valence-electron chi connectivity index (χ4n) is 1.94. The molecule has 0 unspecified atom stereocenters. The SMILES string of the molecule is O=C(N/N=C/c1cc([N+](=O)[O-])ccc1OC(F)F)c1cccc([N+](=O)[O-])c1. The molecular formula is C15H10F2N4O6. The molecule has 0 heterocycles. The van der Waals surface area contributed by atoms with E-state index in [0.717, 1.165) is 30.5 Å². The van der Waals surface area contributed by atoms with Crippen molar-refractivity contribution in [3.8, 4) is 5.75 Å². The number of carbonyl (C=O) groups excluding carboxylic acids is 1. The molecule has 0 saturated carbocycles. The van der Waals surface area contributed by atoms with Crippen molar-refractivity contribution < 1.29 is 28.2 Å². The maximum atomic E-state index is 12.4. The molecule has 0 aliphatic rings. The lowest BCUT2D eigenvalue weighted by molar-refractivity contribution is -0.385. The Balaban J connectivity index is 2.20. The first-order chi connectivity index (χ1) is 12.8. The van der Waals surface area contributed by atoms with E-state index in [4.69, 9.17) is 0 Å². The zero-order valence-electron chi connectivity index (χ0n) is 13.2. The lowest BCUT2D eigenvalue weighted by atomic mass is 10.2. The number of nitro benzene ring substituents is 2. The molecule has 0 aliphatic carbocycles. The van der Waals surface area contributed by atoms with E-state index in [0.29, 0.717) is 0 Å². The van der Waals surface area contributed by atoms with Crippen LogP contribution < -0.4 is 10.2 Å². The molecule has 0 radical (unpaired) electrons. The minimum absolute atomic E-state index is 0.0653. The third-order valence-corrected chi connectivity index (χ3v) is 3.11. The van der Waals surface area contributed by atoms with E-state index < -0.39 is 28.1 Å². The smallest absolute Gasteiger partial charge is 0.387 e. The van der Waals surface area contributed by atoms with Crippen molar-refractivity contribution in [1.29, 1.82) is 0 Å². The zero-order valence-corrected chi connectivity index (χ0v) is 13.2. The van der Waals surface area contributed by atoms with Crippen LogP contribution in [0.1, 0.15) is 15.9 Å². The molecule has 0 aromatic heterocycles. The fourth-order valence-corrected chi connectivity index (χ4v) is 1.94. The van der Waals surface area contributed by atoms with Crippen LogP contribution in [-0.2, 0) is 0 Å². The molecule has 2 aromatic carbocycles. The van der Waals surface area contributed by atoms with Gasteiger partial charge in [0.25, 0.3) is 17.3 Å². The van der Waals surface area contributed by atoms with Gasteiger partial charge in [0.2, 0.25) is 0 Å². The molecular weight excluding hydrogens is 370 g/mol. The number of benzene rings is 2. The average molecular weight is 380 g/mol. The standard InChI is InChI=1S/C15H10F2N4O6/c16-15(17)27-13-5-4-12(21(25)26)7-10(13)8-18-19-14(22)9-2-1-3-11(6-9)20(23)24/h1-8,15H,(H,19,22)/b18-8+. The highest BCUT2D eigenvalue weighted by atomic mass is 19.3. The molecule has 10 nitrogen and oxygen atoms in total. The Kier molecular flexibility index (Phi) is 6.04. The van der Waals surface area contributed by atoms with E-state index in [1.807, 2.05) is 5.43 Å². The summed E-state index contributed by atoms with van der Waals surface area (Å²) in [5, 5.41) is 25.0. The van der Waals surface area contributed by atoms with Crippen molar-refractivity contribution in [1.82, 2.24) is 5.43 Å². The molecule has 0 saturated heterocycles. The topological polar surface area (TPSA) is 137 Å². The third kappa shape index (κ3) is 5.26. The van der Waals surface area contributed by atoms with E-state index in [1.165, 1.54) is 18.2 Å². The second-order valence-electron chi connectivity index (χ2n) is 4.86. The molecule has 2 aromatic rings. The van der Waals surface area contributed by atoms with Gasteiger partial charge in [-0.25, -0.2) is 5.43 Å². The minimum atomic E-state index is -3.17. The summed E-state index contributed by atoms with van der Waals surface area (Å²) in [5.74, 6) is -1.19. The quantitative estimate of drug-likeness (QED) is 0.445. The number of carbonyl (C=O) groups is 1. The summed E-state index contributed by atoms with van der Waals surface area (Å²) in [4.78, 5) is 32.0. The van der Waals surface area contributed by atoms with Crippen LogP contribution in [0.2, 0.25) is 0 Å². The molecule has 0 spiro atoms. The summed E-state index contributed by atoms with van der Waals surface area (Å²) in [6, 6.07) is 7.68. The average Bonchev–Trinajstić information content (AvgIpc) is 2.62. The largest absolute Gasteiger partial charge is 0.434 e. The number of nitrogens with zero attached hydrogens (tertiary/aromatic N) is 3. The number of hydrazone groups is 1. The molecule has 2 rings (SSSR count). The monoisotopic (exact) mass is 380 g/mol. The van der Waals surface area contributed by atoms with Crippen molar-refractivity contribution in [3.05, 3.63) is 73.8 Å².